The molecule has 2 fully saturated rings. The molecule has 170 valence electrons. The maximum absolute atomic E-state index is 11.9. The second-order valence-electron chi connectivity index (χ2n) is 8.87. The average Bonchev–Trinajstić information content (AvgIpc) is 3.16. The minimum Gasteiger partial charge on any atom is -0.374 e. The van der Waals surface area contributed by atoms with Crippen LogP contribution >= 0.6 is 11.6 Å². The SMILES string of the molecule is Cn1nnc(C2CCC(N3C[C@H](CS(C)(=O)=O)OC[C@H]3Cc3ccc(Cl)cc3)CC2)n1. The van der Waals surface area contributed by atoms with Crippen LogP contribution in [0.15, 0.2) is 24.3 Å². The van der Waals surface area contributed by atoms with E-state index in [1.807, 2.05) is 12.1 Å². The van der Waals surface area contributed by atoms with Crippen LogP contribution in [0.5, 0.6) is 0 Å². The summed E-state index contributed by atoms with van der Waals surface area (Å²) in [6.45, 7) is 1.18. The van der Waals surface area contributed by atoms with Crippen molar-refractivity contribution in [1.29, 1.82) is 0 Å². The highest BCUT2D eigenvalue weighted by molar-refractivity contribution is 7.90. The Labute approximate surface area is 188 Å². The number of hydrogen-bond donors (Lipinski definition) is 0. The Bertz CT molecular complexity index is 973. The second kappa shape index (κ2) is 9.52. The van der Waals surface area contributed by atoms with Crippen LogP contribution in [0.2, 0.25) is 5.02 Å². The van der Waals surface area contributed by atoms with Gasteiger partial charge in [0.1, 0.15) is 9.84 Å². The molecule has 1 saturated carbocycles. The van der Waals surface area contributed by atoms with E-state index in [4.69, 9.17) is 16.3 Å². The Morgan fingerprint density at radius 2 is 1.87 bits per heavy atom. The van der Waals surface area contributed by atoms with Crippen LogP contribution in [-0.4, -0.2) is 76.9 Å². The average molecular weight is 468 g/mol. The van der Waals surface area contributed by atoms with Gasteiger partial charge < -0.3 is 4.74 Å². The number of tetrazole rings is 1. The van der Waals surface area contributed by atoms with E-state index in [1.165, 1.54) is 16.6 Å². The molecule has 1 aliphatic carbocycles. The lowest BCUT2D eigenvalue weighted by molar-refractivity contribution is -0.0756. The number of rotatable bonds is 6. The Balaban J connectivity index is 1.45. The largest absolute Gasteiger partial charge is 0.374 e. The van der Waals surface area contributed by atoms with Gasteiger partial charge in [-0.1, -0.05) is 23.7 Å². The third kappa shape index (κ3) is 6.03. The molecule has 8 nitrogen and oxygen atoms in total. The summed E-state index contributed by atoms with van der Waals surface area (Å²) >= 11 is 6.04. The zero-order valence-corrected chi connectivity index (χ0v) is 19.6. The summed E-state index contributed by atoms with van der Waals surface area (Å²) in [7, 11) is -1.30. The predicted octanol–water partition coefficient (Wildman–Crippen LogP) is 2.25. The highest BCUT2D eigenvalue weighted by Crippen LogP contribution is 2.35. The molecule has 1 aliphatic heterocycles. The summed E-state index contributed by atoms with van der Waals surface area (Å²) in [5, 5.41) is 13.3. The Morgan fingerprint density at radius 1 is 1.16 bits per heavy atom. The van der Waals surface area contributed by atoms with Crippen molar-refractivity contribution in [2.75, 3.05) is 25.2 Å². The monoisotopic (exact) mass is 467 g/mol. The molecule has 1 aromatic heterocycles. The van der Waals surface area contributed by atoms with Crippen molar-refractivity contribution in [2.45, 2.75) is 56.2 Å². The molecule has 0 bridgehead atoms. The fraction of sp³-hybridized carbons (Fsp3) is 0.667. The van der Waals surface area contributed by atoms with E-state index in [1.54, 1.807) is 7.05 Å². The molecule has 2 heterocycles. The molecule has 0 N–H and O–H groups in total. The molecular weight excluding hydrogens is 438 g/mol. The van der Waals surface area contributed by atoms with Crippen LogP contribution in [0.25, 0.3) is 0 Å². The summed E-state index contributed by atoms with van der Waals surface area (Å²) in [4.78, 5) is 4.01. The number of halogens is 1. The molecule has 2 aromatic rings. The second-order valence-corrected chi connectivity index (χ2v) is 11.5. The summed E-state index contributed by atoms with van der Waals surface area (Å²) < 4.78 is 29.7. The van der Waals surface area contributed by atoms with Crippen molar-refractivity contribution in [3.05, 3.63) is 40.7 Å². The van der Waals surface area contributed by atoms with Crippen molar-refractivity contribution < 1.29 is 13.2 Å². The van der Waals surface area contributed by atoms with Gasteiger partial charge in [0.05, 0.1) is 25.5 Å². The first-order valence-corrected chi connectivity index (χ1v) is 13.2. The van der Waals surface area contributed by atoms with Crippen LogP contribution in [0.1, 0.15) is 43.0 Å². The summed E-state index contributed by atoms with van der Waals surface area (Å²) in [5.74, 6) is 1.24. The predicted molar refractivity (Wildman–Crippen MR) is 119 cm³/mol. The van der Waals surface area contributed by atoms with Crippen LogP contribution < -0.4 is 0 Å². The quantitative estimate of drug-likeness (QED) is 0.643. The number of ether oxygens (including phenoxy) is 1. The molecule has 0 spiro atoms. The molecule has 0 amide bonds. The van der Waals surface area contributed by atoms with Gasteiger partial charge in [-0.15, -0.1) is 10.2 Å². The van der Waals surface area contributed by atoms with Gasteiger partial charge in [-0.25, -0.2) is 8.42 Å². The number of nitrogens with zero attached hydrogens (tertiary/aromatic N) is 5. The van der Waals surface area contributed by atoms with Gasteiger partial charge in [-0.3, -0.25) is 4.90 Å². The molecule has 0 unspecified atom stereocenters. The minimum absolute atomic E-state index is 0.0655. The third-order valence-corrected chi connectivity index (χ3v) is 7.56. The van der Waals surface area contributed by atoms with Crippen LogP contribution in [-0.2, 0) is 28.0 Å². The molecule has 31 heavy (non-hydrogen) atoms. The summed E-state index contributed by atoms with van der Waals surface area (Å²) in [6.07, 6.45) is 5.94. The van der Waals surface area contributed by atoms with Crippen molar-refractivity contribution in [3.8, 4) is 0 Å². The molecule has 2 aliphatic rings. The lowest BCUT2D eigenvalue weighted by atomic mass is 9.83. The van der Waals surface area contributed by atoms with Crippen molar-refractivity contribution in [3.63, 3.8) is 0 Å². The smallest absolute Gasteiger partial charge is 0.177 e. The number of sulfone groups is 1. The van der Waals surface area contributed by atoms with E-state index in [9.17, 15) is 8.42 Å². The number of aromatic nitrogens is 4. The molecule has 4 rings (SSSR count). The number of morpholine rings is 1. The van der Waals surface area contributed by atoms with E-state index >= 15 is 0 Å². The first-order chi connectivity index (χ1) is 14.8. The van der Waals surface area contributed by atoms with E-state index in [2.05, 4.69) is 32.4 Å². The third-order valence-electron chi connectivity index (χ3n) is 6.34. The van der Waals surface area contributed by atoms with Gasteiger partial charge in [0.2, 0.25) is 0 Å². The highest BCUT2D eigenvalue weighted by atomic mass is 35.5. The van der Waals surface area contributed by atoms with Gasteiger partial charge in [0, 0.05) is 35.8 Å². The molecule has 2 atom stereocenters. The standard InChI is InChI=1S/C21H30ClN5O3S/c1-26-24-21(23-25-26)16-5-9-18(10-6-16)27-12-20(14-31(2,28)29)30-13-19(27)11-15-3-7-17(22)8-4-15/h3-4,7-8,16,18-20H,5-6,9-14H2,1-2H3/t16?,18?,19-,20-/m1/s1. The van der Waals surface area contributed by atoms with Crippen LogP contribution in [0.3, 0.4) is 0 Å². The lowest BCUT2D eigenvalue weighted by Crippen LogP contribution is -2.56. The van der Waals surface area contributed by atoms with Gasteiger partial charge in [0.25, 0.3) is 0 Å². The van der Waals surface area contributed by atoms with E-state index in [0.717, 1.165) is 43.0 Å². The highest BCUT2D eigenvalue weighted by Gasteiger charge is 2.37. The molecule has 0 radical (unpaired) electrons. The summed E-state index contributed by atoms with van der Waals surface area (Å²) in [5.41, 5.74) is 1.21. The maximum Gasteiger partial charge on any atom is 0.177 e. The van der Waals surface area contributed by atoms with E-state index < -0.39 is 9.84 Å². The molecule has 1 saturated heterocycles. The van der Waals surface area contributed by atoms with Gasteiger partial charge in [-0.05, 0) is 55.0 Å². The fourth-order valence-corrected chi connectivity index (χ4v) is 5.87. The van der Waals surface area contributed by atoms with Crippen molar-refractivity contribution in [2.24, 2.45) is 7.05 Å². The Kier molecular flexibility index (Phi) is 6.95. The maximum atomic E-state index is 11.9. The Morgan fingerprint density at radius 3 is 2.48 bits per heavy atom. The first kappa shape index (κ1) is 22.6. The number of benzene rings is 1. The minimum atomic E-state index is -3.09. The lowest BCUT2D eigenvalue weighted by Gasteiger charge is -2.46. The normalized spacial score (nSPS) is 28.0. The molecular formula is C21H30ClN5O3S. The Hall–Kier alpha value is -1.55. The van der Waals surface area contributed by atoms with E-state index in [-0.39, 0.29) is 17.9 Å². The molecule has 10 heteroatoms. The molecule has 1 aromatic carbocycles. The van der Waals surface area contributed by atoms with Gasteiger partial charge >= 0.3 is 0 Å². The zero-order valence-electron chi connectivity index (χ0n) is 18.0. The fourth-order valence-electron chi connectivity index (χ4n) is 4.86. The zero-order chi connectivity index (χ0) is 22.0. The van der Waals surface area contributed by atoms with E-state index in [0.29, 0.717) is 25.1 Å². The first-order valence-electron chi connectivity index (χ1n) is 10.8. The van der Waals surface area contributed by atoms with Gasteiger partial charge in [-0.2, -0.15) is 4.80 Å². The topological polar surface area (TPSA) is 90.2 Å². The summed E-state index contributed by atoms with van der Waals surface area (Å²) in [6, 6.07) is 8.55. The number of aryl methyl sites for hydroxylation is 1. The van der Waals surface area contributed by atoms with Crippen LogP contribution in [0.4, 0.5) is 0 Å². The van der Waals surface area contributed by atoms with Crippen molar-refractivity contribution in [1.82, 2.24) is 25.1 Å². The van der Waals surface area contributed by atoms with Crippen LogP contribution in [0, 0.1) is 0 Å². The van der Waals surface area contributed by atoms with Crippen molar-refractivity contribution >= 4 is 21.4 Å². The number of hydrogen-bond acceptors (Lipinski definition) is 7. The van der Waals surface area contributed by atoms with Gasteiger partial charge in [0.15, 0.2) is 5.82 Å².